The summed E-state index contributed by atoms with van der Waals surface area (Å²) >= 11 is 0. The molecule has 1 aromatic rings. The van der Waals surface area contributed by atoms with E-state index in [1.165, 1.54) is 12.1 Å². The summed E-state index contributed by atoms with van der Waals surface area (Å²) in [5, 5.41) is 8.33. The standard InChI is InChI=1S/C11H13NO5S/c1-8-2-4-9(5-3-8)18(16,17)12-7-6-10(13)11(14)15/h2-5,12H,6-7H2,1H3,(H,14,15). The first kappa shape index (κ1) is 14.3. The Balaban J connectivity index is 2.63. The van der Waals surface area contributed by atoms with E-state index >= 15 is 0 Å². The summed E-state index contributed by atoms with van der Waals surface area (Å²) in [6.45, 7) is 1.59. The molecular weight excluding hydrogens is 258 g/mol. The van der Waals surface area contributed by atoms with Crippen LogP contribution in [0.25, 0.3) is 0 Å². The highest BCUT2D eigenvalue weighted by atomic mass is 32.2. The fourth-order valence-corrected chi connectivity index (χ4v) is 2.24. The Labute approximate surface area is 105 Å². The van der Waals surface area contributed by atoms with Crippen molar-refractivity contribution < 1.29 is 23.1 Å². The van der Waals surface area contributed by atoms with Crippen LogP contribution in [0, 0.1) is 6.92 Å². The first-order valence-corrected chi connectivity index (χ1v) is 6.64. The first-order chi connectivity index (χ1) is 8.33. The second-order valence-electron chi connectivity index (χ2n) is 3.69. The minimum atomic E-state index is -3.69. The van der Waals surface area contributed by atoms with Gasteiger partial charge < -0.3 is 5.11 Å². The minimum absolute atomic E-state index is 0.0795. The molecule has 7 heteroatoms. The van der Waals surface area contributed by atoms with Gasteiger partial charge in [0.25, 0.3) is 0 Å². The van der Waals surface area contributed by atoms with Crippen LogP contribution in [0.4, 0.5) is 0 Å². The maximum atomic E-state index is 11.7. The van der Waals surface area contributed by atoms with Crippen molar-refractivity contribution in [2.45, 2.75) is 18.2 Å². The fourth-order valence-electron chi connectivity index (χ4n) is 1.21. The first-order valence-electron chi connectivity index (χ1n) is 5.15. The Bertz CT molecular complexity index is 547. The topological polar surface area (TPSA) is 101 Å². The molecule has 0 aliphatic rings. The van der Waals surface area contributed by atoms with Crippen molar-refractivity contribution in [1.82, 2.24) is 4.72 Å². The van der Waals surface area contributed by atoms with E-state index in [0.29, 0.717) is 0 Å². The molecule has 0 saturated heterocycles. The van der Waals surface area contributed by atoms with Crippen molar-refractivity contribution in [2.75, 3.05) is 6.54 Å². The van der Waals surface area contributed by atoms with E-state index in [9.17, 15) is 18.0 Å². The van der Waals surface area contributed by atoms with Crippen LogP contribution >= 0.6 is 0 Å². The summed E-state index contributed by atoms with van der Waals surface area (Å²) in [5.74, 6) is -2.59. The molecule has 0 aromatic heterocycles. The van der Waals surface area contributed by atoms with Crippen LogP contribution in [0.15, 0.2) is 29.2 Å². The van der Waals surface area contributed by atoms with Crippen molar-refractivity contribution in [3.05, 3.63) is 29.8 Å². The number of carbonyl (C=O) groups is 2. The molecule has 1 rings (SSSR count). The third kappa shape index (κ3) is 3.94. The summed E-state index contributed by atoms with van der Waals surface area (Å²) in [4.78, 5) is 21.1. The molecule has 98 valence electrons. The number of benzene rings is 1. The van der Waals surface area contributed by atoms with Crippen molar-refractivity contribution in [2.24, 2.45) is 0 Å². The zero-order chi connectivity index (χ0) is 13.8. The molecule has 18 heavy (non-hydrogen) atoms. The van der Waals surface area contributed by atoms with E-state index < -0.39 is 21.8 Å². The normalized spacial score (nSPS) is 11.2. The number of aliphatic carboxylic acids is 1. The highest BCUT2D eigenvalue weighted by molar-refractivity contribution is 7.89. The molecule has 0 heterocycles. The number of aryl methyl sites for hydroxylation is 1. The zero-order valence-corrected chi connectivity index (χ0v) is 10.5. The third-order valence-corrected chi connectivity index (χ3v) is 3.69. The van der Waals surface area contributed by atoms with Crippen LogP contribution in [-0.4, -0.2) is 31.8 Å². The number of hydrogen-bond donors (Lipinski definition) is 2. The van der Waals surface area contributed by atoms with E-state index in [0.717, 1.165) is 5.56 Å². The summed E-state index contributed by atoms with van der Waals surface area (Å²) in [6.07, 6.45) is -0.375. The van der Waals surface area contributed by atoms with Gasteiger partial charge in [0.2, 0.25) is 15.8 Å². The van der Waals surface area contributed by atoms with Crippen LogP contribution in [0.1, 0.15) is 12.0 Å². The largest absolute Gasteiger partial charge is 0.476 e. The Hall–Kier alpha value is -1.73. The molecular formula is C11H13NO5S. The number of sulfonamides is 1. The molecule has 0 bridgehead atoms. The number of carbonyl (C=O) groups excluding carboxylic acids is 1. The number of rotatable bonds is 6. The van der Waals surface area contributed by atoms with Crippen molar-refractivity contribution in [3.8, 4) is 0 Å². The monoisotopic (exact) mass is 271 g/mol. The summed E-state index contributed by atoms with van der Waals surface area (Å²) in [5.41, 5.74) is 0.926. The summed E-state index contributed by atoms with van der Waals surface area (Å²) in [6, 6.07) is 6.18. The van der Waals surface area contributed by atoms with Gasteiger partial charge >= 0.3 is 5.97 Å². The smallest absolute Gasteiger partial charge is 0.372 e. The van der Waals surface area contributed by atoms with E-state index in [1.54, 1.807) is 12.1 Å². The lowest BCUT2D eigenvalue weighted by molar-refractivity contribution is -0.149. The van der Waals surface area contributed by atoms with E-state index in [-0.39, 0.29) is 17.9 Å². The maximum Gasteiger partial charge on any atom is 0.372 e. The fraction of sp³-hybridized carbons (Fsp3) is 0.273. The van der Waals surface area contributed by atoms with Gasteiger partial charge in [0.1, 0.15) is 0 Å². The molecule has 0 unspecified atom stereocenters. The molecule has 0 saturated carbocycles. The van der Waals surface area contributed by atoms with Gasteiger partial charge in [0.15, 0.2) is 0 Å². The number of carboxylic acids is 1. The van der Waals surface area contributed by atoms with Crippen molar-refractivity contribution in [3.63, 3.8) is 0 Å². The molecule has 6 nitrogen and oxygen atoms in total. The molecule has 0 spiro atoms. The molecule has 0 aliphatic carbocycles. The molecule has 0 fully saturated rings. The van der Waals surface area contributed by atoms with Gasteiger partial charge in [-0.2, -0.15) is 0 Å². The third-order valence-electron chi connectivity index (χ3n) is 2.21. The number of hydrogen-bond acceptors (Lipinski definition) is 4. The highest BCUT2D eigenvalue weighted by Gasteiger charge is 2.16. The van der Waals surface area contributed by atoms with Gasteiger partial charge in [-0.3, -0.25) is 4.79 Å². The second-order valence-corrected chi connectivity index (χ2v) is 5.46. The van der Waals surface area contributed by atoms with Gasteiger partial charge in [-0.25, -0.2) is 17.9 Å². The van der Waals surface area contributed by atoms with Crippen molar-refractivity contribution in [1.29, 1.82) is 0 Å². The van der Waals surface area contributed by atoms with E-state index in [2.05, 4.69) is 4.72 Å². The lowest BCUT2D eigenvalue weighted by Gasteiger charge is -2.05. The zero-order valence-electron chi connectivity index (χ0n) is 9.71. The van der Waals surface area contributed by atoms with E-state index in [4.69, 9.17) is 5.11 Å². The SMILES string of the molecule is Cc1ccc(S(=O)(=O)NCCC(=O)C(=O)O)cc1. The molecule has 2 N–H and O–H groups in total. The van der Waals surface area contributed by atoms with Gasteiger partial charge in [0.05, 0.1) is 4.90 Å². The lowest BCUT2D eigenvalue weighted by Crippen LogP contribution is -2.28. The number of carboxylic acid groups (broad SMARTS) is 1. The Morgan fingerprint density at radius 1 is 1.22 bits per heavy atom. The molecule has 0 radical (unpaired) electrons. The van der Waals surface area contributed by atoms with Gasteiger partial charge in [-0.15, -0.1) is 0 Å². The van der Waals surface area contributed by atoms with Gasteiger partial charge in [-0.05, 0) is 19.1 Å². The summed E-state index contributed by atoms with van der Waals surface area (Å²) < 4.78 is 25.6. The quantitative estimate of drug-likeness (QED) is 0.725. The summed E-state index contributed by atoms with van der Waals surface area (Å²) in [7, 11) is -3.69. The maximum absolute atomic E-state index is 11.7. The average Bonchev–Trinajstić information content (AvgIpc) is 2.29. The second kappa shape index (κ2) is 5.74. The molecule has 0 aliphatic heterocycles. The minimum Gasteiger partial charge on any atom is -0.476 e. The molecule has 0 atom stereocenters. The Kier molecular flexibility index (Phi) is 4.57. The lowest BCUT2D eigenvalue weighted by atomic mass is 10.2. The van der Waals surface area contributed by atoms with Gasteiger partial charge in [0, 0.05) is 13.0 Å². The van der Waals surface area contributed by atoms with Gasteiger partial charge in [-0.1, -0.05) is 17.7 Å². The molecule has 0 amide bonds. The average molecular weight is 271 g/mol. The number of nitrogens with one attached hydrogen (secondary N) is 1. The van der Waals surface area contributed by atoms with Crippen LogP contribution in [0.5, 0.6) is 0 Å². The van der Waals surface area contributed by atoms with Crippen molar-refractivity contribution >= 4 is 21.8 Å². The predicted octanol–water partition coefficient (Wildman–Crippen LogP) is 0.317. The van der Waals surface area contributed by atoms with Crippen LogP contribution in [0.2, 0.25) is 0 Å². The van der Waals surface area contributed by atoms with Crippen LogP contribution in [-0.2, 0) is 19.6 Å². The van der Waals surface area contributed by atoms with E-state index in [1.807, 2.05) is 6.92 Å². The molecule has 1 aromatic carbocycles. The highest BCUT2D eigenvalue weighted by Crippen LogP contribution is 2.09. The number of Topliss-reactive ketones (excluding diaryl/α,β-unsaturated/α-hetero) is 1. The Morgan fingerprint density at radius 3 is 2.28 bits per heavy atom. The predicted molar refractivity (Wildman–Crippen MR) is 63.6 cm³/mol. The van der Waals surface area contributed by atoms with Crippen LogP contribution in [0.3, 0.4) is 0 Å². The van der Waals surface area contributed by atoms with Crippen LogP contribution < -0.4 is 4.72 Å². The number of ketones is 1. The Morgan fingerprint density at radius 2 is 1.78 bits per heavy atom.